The average molecular weight is 271 g/mol. The van der Waals surface area contributed by atoms with Crippen molar-refractivity contribution in [3.8, 4) is 5.75 Å². The highest BCUT2D eigenvalue weighted by molar-refractivity contribution is 7.14. The Balaban J connectivity index is 2.12. The number of fused-ring (bicyclic) bond motifs is 1. The first-order valence-corrected chi connectivity index (χ1v) is 6.77. The molecule has 4 heteroatoms. The third-order valence-corrected chi connectivity index (χ3v) is 4.10. The molecule has 0 atom stereocenters. The van der Waals surface area contributed by atoms with Crippen molar-refractivity contribution in [1.29, 1.82) is 0 Å². The molecule has 0 aliphatic heterocycles. The molecular weight excluding hydrogens is 258 g/mol. The second-order valence-corrected chi connectivity index (χ2v) is 5.64. The van der Waals surface area contributed by atoms with Gasteiger partial charge in [-0.15, -0.1) is 11.3 Å². The average Bonchev–Trinajstić information content (AvgIpc) is 3.03. The zero-order valence-corrected chi connectivity index (χ0v) is 11.5. The van der Waals surface area contributed by atoms with E-state index in [0.717, 1.165) is 26.4 Å². The minimum Gasteiger partial charge on any atom is -0.497 e. The molecule has 0 amide bonds. The highest BCUT2D eigenvalue weighted by Crippen LogP contribution is 2.27. The number of hydrogen-bond acceptors (Lipinski definition) is 3. The Bertz CT molecular complexity index is 754. The smallest absolute Gasteiger partial charge is 0.205 e. The van der Waals surface area contributed by atoms with Crippen LogP contribution in [0.4, 0.5) is 0 Å². The van der Waals surface area contributed by atoms with Crippen LogP contribution >= 0.6 is 11.3 Å². The molecule has 96 valence electrons. The molecule has 0 saturated carbocycles. The maximum atomic E-state index is 12.5. The summed E-state index contributed by atoms with van der Waals surface area (Å²) in [4.78, 5) is 17.5. The van der Waals surface area contributed by atoms with Gasteiger partial charge in [0, 0.05) is 27.5 Å². The van der Waals surface area contributed by atoms with Crippen molar-refractivity contribution in [2.24, 2.45) is 0 Å². The number of aromatic nitrogens is 1. The largest absolute Gasteiger partial charge is 0.497 e. The van der Waals surface area contributed by atoms with E-state index in [1.165, 1.54) is 11.3 Å². The number of rotatable bonds is 3. The number of hydrogen-bond donors (Lipinski definition) is 1. The van der Waals surface area contributed by atoms with Crippen molar-refractivity contribution in [2.45, 2.75) is 6.92 Å². The van der Waals surface area contributed by atoms with E-state index in [1.54, 1.807) is 13.3 Å². The van der Waals surface area contributed by atoms with Gasteiger partial charge >= 0.3 is 0 Å². The summed E-state index contributed by atoms with van der Waals surface area (Å²) in [5.74, 6) is 0.807. The fraction of sp³-hybridized carbons (Fsp3) is 0.133. The predicted molar refractivity (Wildman–Crippen MR) is 77.3 cm³/mol. The Morgan fingerprint density at radius 1 is 1.26 bits per heavy atom. The van der Waals surface area contributed by atoms with Crippen LogP contribution in [-0.4, -0.2) is 17.9 Å². The van der Waals surface area contributed by atoms with Gasteiger partial charge in [-0.05, 0) is 37.3 Å². The molecule has 3 nitrogen and oxygen atoms in total. The van der Waals surface area contributed by atoms with Gasteiger partial charge in [0.05, 0.1) is 12.0 Å². The number of carbonyl (C=O) groups excluding carboxylic acids is 1. The van der Waals surface area contributed by atoms with E-state index in [4.69, 9.17) is 4.74 Å². The Morgan fingerprint density at radius 3 is 2.79 bits per heavy atom. The van der Waals surface area contributed by atoms with Crippen molar-refractivity contribution < 1.29 is 9.53 Å². The van der Waals surface area contributed by atoms with Crippen LogP contribution in [0, 0.1) is 6.92 Å². The van der Waals surface area contributed by atoms with Crippen molar-refractivity contribution in [3.63, 3.8) is 0 Å². The number of carbonyl (C=O) groups is 1. The number of methoxy groups -OCH3 is 1. The van der Waals surface area contributed by atoms with Gasteiger partial charge in [0.2, 0.25) is 5.78 Å². The maximum absolute atomic E-state index is 12.5. The van der Waals surface area contributed by atoms with E-state index in [9.17, 15) is 4.79 Å². The summed E-state index contributed by atoms with van der Waals surface area (Å²) in [6.07, 6.45) is 1.77. The molecule has 1 N–H and O–H groups in total. The fourth-order valence-corrected chi connectivity index (χ4v) is 2.93. The van der Waals surface area contributed by atoms with Gasteiger partial charge in [-0.2, -0.15) is 0 Å². The summed E-state index contributed by atoms with van der Waals surface area (Å²) < 4.78 is 5.21. The number of nitrogens with one attached hydrogen (secondary N) is 1. The van der Waals surface area contributed by atoms with Crippen molar-refractivity contribution >= 4 is 28.0 Å². The van der Waals surface area contributed by atoms with Gasteiger partial charge in [0.15, 0.2) is 0 Å². The van der Waals surface area contributed by atoms with Gasteiger partial charge in [-0.25, -0.2) is 0 Å². The van der Waals surface area contributed by atoms with Crippen molar-refractivity contribution in [1.82, 2.24) is 4.98 Å². The van der Waals surface area contributed by atoms with Crippen LogP contribution in [0.25, 0.3) is 10.9 Å². The highest BCUT2D eigenvalue weighted by atomic mass is 32.1. The van der Waals surface area contributed by atoms with E-state index in [-0.39, 0.29) is 5.78 Å². The van der Waals surface area contributed by atoms with Crippen LogP contribution in [0.15, 0.2) is 36.5 Å². The summed E-state index contributed by atoms with van der Waals surface area (Å²) in [7, 11) is 1.62. The molecule has 0 unspecified atom stereocenters. The van der Waals surface area contributed by atoms with Crippen LogP contribution < -0.4 is 4.74 Å². The monoisotopic (exact) mass is 271 g/mol. The normalized spacial score (nSPS) is 10.8. The molecular formula is C15H13NO2S. The molecule has 19 heavy (non-hydrogen) atoms. The van der Waals surface area contributed by atoms with E-state index in [0.29, 0.717) is 5.56 Å². The summed E-state index contributed by atoms with van der Waals surface area (Å²) in [6.45, 7) is 2.00. The molecule has 1 aromatic carbocycles. The molecule has 0 aliphatic rings. The molecule has 0 spiro atoms. The Morgan fingerprint density at radius 2 is 2.11 bits per heavy atom. The minimum atomic E-state index is 0.0533. The maximum Gasteiger partial charge on any atom is 0.205 e. The summed E-state index contributed by atoms with van der Waals surface area (Å²) in [6, 6.07) is 9.53. The topological polar surface area (TPSA) is 42.1 Å². The van der Waals surface area contributed by atoms with Crippen LogP contribution in [-0.2, 0) is 0 Å². The fourth-order valence-electron chi connectivity index (χ4n) is 2.10. The first-order chi connectivity index (χ1) is 9.19. The summed E-state index contributed by atoms with van der Waals surface area (Å²) in [5, 5.41) is 0.899. The Kier molecular flexibility index (Phi) is 2.87. The quantitative estimate of drug-likeness (QED) is 0.737. The van der Waals surface area contributed by atoms with Crippen molar-refractivity contribution in [2.75, 3.05) is 7.11 Å². The summed E-state index contributed by atoms with van der Waals surface area (Å²) in [5.41, 5.74) is 1.63. The molecule has 2 heterocycles. The number of H-pyrrole nitrogens is 1. The zero-order valence-electron chi connectivity index (χ0n) is 10.7. The van der Waals surface area contributed by atoms with Crippen LogP contribution in [0.5, 0.6) is 5.75 Å². The minimum absolute atomic E-state index is 0.0533. The number of thiophene rings is 1. The van der Waals surface area contributed by atoms with E-state index in [2.05, 4.69) is 4.98 Å². The Labute approximate surface area is 114 Å². The van der Waals surface area contributed by atoms with Gasteiger partial charge < -0.3 is 9.72 Å². The van der Waals surface area contributed by atoms with E-state index in [1.807, 2.05) is 37.3 Å². The van der Waals surface area contributed by atoms with Gasteiger partial charge in [0.25, 0.3) is 0 Å². The zero-order chi connectivity index (χ0) is 13.4. The van der Waals surface area contributed by atoms with Crippen molar-refractivity contribution in [3.05, 3.63) is 51.8 Å². The SMILES string of the molecule is COc1ccc2[nH]cc(C(=O)c3ccc(C)s3)c2c1. The van der Waals surface area contributed by atoms with Crippen LogP contribution in [0.1, 0.15) is 20.1 Å². The lowest BCUT2D eigenvalue weighted by atomic mass is 10.1. The lowest BCUT2D eigenvalue weighted by Crippen LogP contribution is -1.97. The first-order valence-electron chi connectivity index (χ1n) is 5.95. The second-order valence-electron chi connectivity index (χ2n) is 4.35. The molecule has 0 radical (unpaired) electrons. The molecule has 0 fully saturated rings. The van der Waals surface area contributed by atoms with Gasteiger partial charge in [-0.1, -0.05) is 0 Å². The second kappa shape index (κ2) is 4.55. The molecule has 3 rings (SSSR count). The number of aromatic amines is 1. The number of benzene rings is 1. The van der Waals surface area contributed by atoms with Gasteiger partial charge in [-0.3, -0.25) is 4.79 Å². The summed E-state index contributed by atoms with van der Waals surface area (Å²) >= 11 is 1.52. The number of aryl methyl sites for hydroxylation is 1. The highest BCUT2D eigenvalue weighted by Gasteiger charge is 2.16. The molecule has 0 bridgehead atoms. The van der Waals surface area contributed by atoms with E-state index >= 15 is 0 Å². The van der Waals surface area contributed by atoms with Crippen LogP contribution in [0.3, 0.4) is 0 Å². The van der Waals surface area contributed by atoms with Crippen LogP contribution in [0.2, 0.25) is 0 Å². The third-order valence-electron chi connectivity index (χ3n) is 3.10. The number of ether oxygens (including phenoxy) is 1. The molecule has 0 saturated heterocycles. The lowest BCUT2D eigenvalue weighted by molar-refractivity contribution is 0.104. The standard InChI is InChI=1S/C15H13NO2S/c1-9-3-6-14(19-9)15(17)12-8-16-13-5-4-10(18-2)7-11(12)13/h3-8,16H,1-2H3. The first kappa shape index (κ1) is 12.0. The van der Waals surface area contributed by atoms with Gasteiger partial charge in [0.1, 0.15) is 5.75 Å². The number of ketones is 1. The molecule has 3 aromatic rings. The Hall–Kier alpha value is -2.07. The lowest BCUT2D eigenvalue weighted by Gasteiger charge is -2.00. The predicted octanol–water partition coefficient (Wildman–Crippen LogP) is 3.78. The molecule has 0 aliphatic carbocycles. The molecule has 2 aromatic heterocycles. The van der Waals surface area contributed by atoms with E-state index < -0.39 is 0 Å². The third kappa shape index (κ3) is 2.04.